The fraction of sp³-hybridized carbons (Fsp3) is 0.308. The van der Waals surface area contributed by atoms with Crippen molar-refractivity contribution in [2.45, 2.75) is 6.54 Å². The summed E-state index contributed by atoms with van der Waals surface area (Å²) in [5.74, 6) is 0. The molecule has 4 heteroatoms. The largest absolute Gasteiger partial charge is 0.378 e. The van der Waals surface area contributed by atoms with Crippen LogP contribution in [0, 0.1) is 0 Å². The van der Waals surface area contributed by atoms with E-state index >= 15 is 0 Å². The van der Waals surface area contributed by atoms with Crippen LogP contribution in [0.1, 0.15) is 0 Å². The highest BCUT2D eigenvalue weighted by molar-refractivity contribution is 5.61. The monoisotopic (exact) mass is 231 g/mol. The van der Waals surface area contributed by atoms with Crippen molar-refractivity contribution in [1.29, 1.82) is 0 Å². The molecule has 0 spiro atoms. The lowest BCUT2D eigenvalue weighted by Crippen LogP contribution is -2.12. The fourth-order valence-corrected chi connectivity index (χ4v) is 1.61. The maximum Gasteiger partial charge on any atom is 0.0663 e. The van der Waals surface area contributed by atoms with Crippen LogP contribution in [0.5, 0.6) is 0 Å². The van der Waals surface area contributed by atoms with Crippen LogP contribution in [-0.2, 0) is 11.3 Å². The first-order valence-electron chi connectivity index (χ1n) is 5.76. The molecule has 0 radical (unpaired) electrons. The SMILES string of the molecule is NCCOCCn1cc(-c2ccccc2)cn1. The second-order valence-corrected chi connectivity index (χ2v) is 3.76. The standard InChI is InChI=1S/C13H17N3O/c14-6-8-17-9-7-16-11-13(10-15-16)12-4-2-1-3-5-12/h1-5,10-11H,6-9,14H2. The first-order chi connectivity index (χ1) is 8.40. The Morgan fingerprint density at radius 3 is 2.71 bits per heavy atom. The molecule has 1 aromatic heterocycles. The normalized spacial score (nSPS) is 10.6. The van der Waals surface area contributed by atoms with E-state index in [9.17, 15) is 0 Å². The molecule has 2 rings (SSSR count). The molecule has 90 valence electrons. The zero-order chi connectivity index (χ0) is 11.9. The molecule has 0 atom stereocenters. The Kier molecular flexibility index (Phi) is 4.30. The first kappa shape index (κ1) is 11.8. The van der Waals surface area contributed by atoms with Gasteiger partial charge in [0.05, 0.1) is 26.0 Å². The number of benzene rings is 1. The molecule has 0 unspecified atom stereocenters. The van der Waals surface area contributed by atoms with Crippen LogP contribution in [0.3, 0.4) is 0 Å². The van der Waals surface area contributed by atoms with Gasteiger partial charge in [0.1, 0.15) is 0 Å². The molecule has 0 saturated carbocycles. The summed E-state index contributed by atoms with van der Waals surface area (Å²) < 4.78 is 7.20. The van der Waals surface area contributed by atoms with E-state index in [1.165, 1.54) is 5.56 Å². The van der Waals surface area contributed by atoms with Crippen molar-refractivity contribution < 1.29 is 4.74 Å². The number of ether oxygens (including phenoxy) is 1. The van der Waals surface area contributed by atoms with Crippen LogP contribution in [0.25, 0.3) is 11.1 Å². The Balaban J connectivity index is 1.92. The highest BCUT2D eigenvalue weighted by Gasteiger charge is 2.00. The number of rotatable bonds is 6. The van der Waals surface area contributed by atoms with E-state index in [1.54, 1.807) is 0 Å². The van der Waals surface area contributed by atoms with E-state index in [-0.39, 0.29) is 0 Å². The van der Waals surface area contributed by atoms with E-state index in [4.69, 9.17) is 10.5 Å². The van der Waals surface area contributed by atoms with Crippen LogP contribution < -0.4 is 5.73 Å². The quantitative estimate of drug-likeness (QED) is 0.767. The molecule has 0 saturated heterocycles. The molecule has 0 amide bonds. The Bertz CT molecular complexity index is 439. The van der Waals surface area contributed by atoms with Crippen molar-refractivity contribution in [1.82, 2.24) is 9.78 Å². The Morgan fingerprint density at radius 2 is 1.94 bits per heavy atom. The first-order valence-corrected chi connectivity index (χ1v) is 5.76. The molecule has 0 fully saturated rings. The lowest BCUT2D eigenvalue weighted by Gasteiger charge is -2.02. The predicted octanol–water partition coefficient (Wildman–Crippen LogP) is 1.53. The van der Waals surface area contributed by atoms with Gasteiger partial charge in [0.2, 0.25) is 0 Å². The molecular weight excluding hydrogens is 214 g/mol. The smallest absolute Gasteiger partial charge is 0.0663 e. The average molecular weight is 231 g/mol. The third-order valence-electron chi connectivity index (χ3n) is 2.47. The molecule has 0 bridgehead atoms. The molecule has 1 aromatic carbocycles. The summed E-state index contributed by atoms with van der Waals surface area (Å²) in [5, 5.41) is 4.30. The highest BCUT2D eigenvalue weighted by Crippen LogP contribution is 2.17. The fourth-order valence-electron chi connectivity index (χ4n) is 1.61. The van der Waals surface area contributed by atoms with Gasteiger partial charge in [-0.2, -0.15) is 5.10 Å². The molecule has 0 aliphatic carbocycles. The number of nitrogens with zero attached hydrogens (tertiary/aromatic N) is 2. The Hall–Kier alpha value is -1.65. The van der Waals surface area contributed by atoms with Crippen LogP contribution in [0.15, 0.2) is 42.7 Å². The van der Waals surface area contributed by atoms with Crippen molar-refractivity contribution in [3.8, 4) is 11.1 Å². The number of aromatic nitrogens is 2. The minimum atomic E-state index is 0.564. The van der Waals surface area contributed by atoms with Crippen molar-refractivity contribution in [2.75, 3.05) is 19.8 Å². The van der Waals surface area contributed by atoms with Crippen LogP contribution in [-0.4, -0.2) is 29.5 Å². The summed E-state index contributed by atoms with van der Waals surface area (Å²) in [5.41, 5.74) is 7.65. The van der Waals surface area contributed by atoms with Crippen LogP contribution in [0.2, 0.25) is 0 Å². The summed E-state index contributed by atoms with van der Waals surface area (Å²) in [6.07, 6.45) is 3.90. The van der Waals surface area contributed by atoms with E-state index in [2.05, 4.69) is 17.2 Å². The van der Waals surface area contributed by atoms with Gasteiger partial charge >= 0.3 is 0 Å². The third kappa shape index (κ3) is 3.41. The third-order valence-corrected chi connectivity index (χ3v) is 2.47. The second kappa shape index (κ2) is 6.18. The maximum atomic E-state index is 5.34. The zero-order valence-corrected chi connectivity index (χ0v) is 9.75. The van der Waals surface area contributed by atoms with Crippen LogP contribution >= 0.6 is 0 Å². The van der Waals surface area contributed by atoms with Crippen LogP contribution in [0.4, 0.5) is 0 Å². The molecule has 2 aromatic rings. The van der Waals surface area contributed by atoms with Gasteiger partial charge in [0.15, 0.2) is 0 Å². The molecule has 17 heavy (non-hydrogen) atoms. The summed E-state index contributed by atoms with van der Waals surface area (Å²) in [6, 6.07) is 10.2. The number of hydrogen-bond acceptors (Lipinski definition) is 3. The minimum Gasteiger partial charge on any atom is -0.378 e. The topological polar surface area (TPSA) is 53.1 Å². The lowest BCUT2D eigenvalue weighted by atomic mass is 10.1. The summed E-state index contributed by atoms with van der Waals surface area (Å²) in [4.78, 5) is 0. The predicted molar refractivity (Wildman–Crippen MR) is 67.5 cm³/mol. The van der Waals surface area contributed by atoms with Gasteiger partial charge in [-0.3, -0.25) is 4.68 Å². The van der Waals surface area contributed by atoms with Crippen molar-refractivity contribution >= 4 is 0 Å². The summed E-state index contributed by atoms with van der Waals surface area (Å²) in [7, 11) is 0. The average Bonchev–Trinajstić information content (AvgIpc) is 2.85. The van der Waals surface area contributed by atoms with Gasteiger partial charge < -0.3 is 10.5 Å². The zero-order valence-electron chi connectivity index (χ0n) is 9.75. The van der Waals surface area contributed by atoms with E-state index in [0.717, 1.165) is 12.1 Å². The van der Waals surface area contributed by atoms with E-state index in [0.29, 0.717) is 19.8 Å². The van der Waals surface area contributed by atoms with Gasteiger partial charge in [-0.25, -0.2) is 0 Å². The molecule has 0 aliphatic rings. The number of hydrogen-bond donors (Lipinski definition) is 1. The Morgan fingerprint density at radius 1 is 1.12 bits per heavy atom. The van der Waals surface area contributed by atoms with Gasteiger partial charge in [0.25, 0.3) is 0 Å². The van der Waals surface area contributed by atoms with Gasteiger partial charge in [-0.15, -0.1) is 0 Å². The minimum absolute atomic E-state index is 0.564. The van der Waals surface area contributed by atoms with Gasteiger partial charge in [-0.1, -0.05) is 30.3 Å². The molecule has 0 aliphatic heterocycles. The summed E-state index contributed by atoms with van der Waals surface area (Å²) in [6.45, 7) is 2.57. The van der Waals surface area contributed by atoms with Crippen molar-refractivity contribution in [2.24, 2.45) is 5.73 Å². The van der Waals surface area contributed by atoms with Crippen molar-refractivity contribution in [3.05, 3.63) is 42.7 Å². The molecule has 2 N–H and O–H groups in total. The molecular formula is C13H17N3O. The van der Waals surface area contributed by atoms with E-state index in [1.807, 2.05) is 35.3 Å². The van der Waals surface area contributed by atoms with Crippen molar-refractivity contribution in [3.63, 3.8) is 0 Å². The molecule has 1 heterocycles. The second-order valence-electron chi connectivity index (χ2n) is 3.76. The highest BCUT2D eigenvalue weighted by atomic mass is 16.5. The maximum absolute atomic E-state index is 5.34. The molecule has 4 nitrogen and oxygen atoms in total. The summed E-state index contributed by atoms with van der Waals surface area (Å²) >= 11 is 0. The van der Waals surface area contributed by atoms with Gasteiger partial charge in [0, 0.05) is 18.3 Å². The lowest BCUT2D eigenvalue weighted by molar-refractivity contribution is 0.130. The Labute approximate surface area is 101 Å². The van der Waals surface area contributed by atoms with E-state index < -0.39 is 0 Å². The number of nitrogens with two attached hydrogens (primary N) is 1. The van der Waals surface area contributed by atoms with Gasteiger partial charge in [-0.05, 0) is 5.56 Å².